The fourth-order valence-electron chi connectivity index (χ4n) is 3.55. The van der Waals surface area contributed by atoms with Gasteiger partial charge in [0.05, 0.1) is 0 Å². The molecule has 0 atom stereocenters. The summed E-state index contributed by atoms with van der Waals surface area (Å²) in [5, 5.41) is 15.4. The summed E-state index contributed by atoms with van der Waals surface area (Å²) < 4.78 is 1.97. The molecule has 0 aliphatic rings. The monoisotopic (exact) mass is 506 g/mol. The van der Waals surface area contributed by atoms with Gasteiger partial charge in [0.1, 0.15) is 6.54 Å². The average molecular weight is 506 g/mol. The zero-order valence-electron chi connectivity index (χ0n) is 17.4. The SMILES string of the molecule is CCNC(=NCc1nnc2ccccn12)NCC(CC)(CC)c1ccccc1.I. The van der Waals surface area contributed by atoms with Crippen LogP contribution in [-0.4, -0.2) is 33.6 Å². The molecule has 0 amide bonds. The van der Waals surface area contributed by atoms with E-state index in [1.54, 1.807) is 0 Å². The van der Waals surface area contributed by atoms with Gasteiger partial charge in [-0.05, 0) is 37.5 Å². The molecule has 0 saturated heterocycles. The molecule has 0 bridgehead atoms. The molecular formula is C22H31IN6. The Morgan fingerprint density at radius 3 is 2.38 bits per heavy atom. The van der Waals surface area contributed by atoms with E-state index in [0.29, 0.717) is 6.54 Å². The first kappa shape index (κ1) is 23.1. The summed E-state index contributed by atoms with van der Waals surface area (Å²) in [6.45, 7) is 8.69. The summed E-state index contributed by atoms with van der Waals surface area (Å²) in [7, 11) is 0. The lowest BCUT2D eigenvalue weighted by atomic mass is 9.76. The Kier molecular flexibility index (Phi) is 8.88. The van der Waals surface area contributed by atoms with Gasteiger partial charge >= 0.3 is 0 Å². The van der Waals surface area contributed by atoms with E-state index in [-0.39, 0.29) is 29.4 Å². The van der Waals surface area contributed by atoms with Crippen molar-refractivity contribution >= 4 is 35.6 Å². The highest BCUT2D eigenvalue weighted by Crippen LogP contribution is 2.30. The number of pyridine rings is 1. The van der Waals surface area contributed by atoms with E-state index >= 15 is 0 Å². The molecule has 0 saturated carbocycles. The Morgan fingerprint density at radius 2 is 1.69 bits per heavy atom. The standard InChI is InChI=1S/C22H30N6.HI/c1-4-22(5-2,18-12-8-7-9-13-18)17-25-21(23-6-3)24-16-20-27-26-19-14-10-11-15-28(19)20;/h7-15H,4-6,16-17H2,1-3H3,(H2,23,24,25);1H. The van der Waals surface area contributed by atoms with E-state index in [1.807, 2.05) is 28.8 Å². The topological polar surface area (TPSA) is 66.6 Å². The van der Waals surface area contributed by atoms with Crippen molar-refractivity contribution in [2.24, 2.45) is 4.99 Å². The van der Waals surface area contributed by atoms with E-state index in [4.69, 9.17) is 4.99 Å². The molecule has 0 unspecified atom stereocenters. The van der Waals surface area contributed by atoms with Crippen LogP contribution in [-0.2, 0) is 12.0 Å². The van der Waals surface area contributed by atoms with Crippen LogP contribution >= 0.6 is 24.0 Å². The lowest BCUT2D eigenvalue weighted by Gasteiger charge is -2.33. The molecule has 0 radical (unpaired) electrons. The minimum absolute atomic E-state index is 0. The van der Waals surface area contributed by atoms with Crippen LogP contribution in [0.15, 0.2) is 59.7 Å². The molecule has 2 N–H and O–H groups in total. The first-order valence-electron chi connectivity index (χ1n) is 10.1. The molecule has 0 fully saturated rings. The Bertz CT molecular complexity index is 902. The van der Waals surface area contributed by atoms with Crippen molar-refractivity contribution in [3.05, 3.63) is 66.1 Å². The third-order valence-electron chi connectivity index (χ3n) is 5.44. The highest BCUT2D eigenvalue weighted by atomic mass is 127. The Morgan fingerprint density at radius 1 is 0.966 bits per heavy atom. The molecule has 0 spiro atoms. The van der Waals surface area contributed by atoms with Crippen LogP contribution in [0.25, 0.3) is 5.65 Å². The predicted molar refractivity (Wildman–Crippen MR) is 130 cm³/mol. The molecule has 6 nitrogen and oxygen atoms in total. The number of guanidine groups is 1. The second kappa shape index (κ2) is 11.1. The zero-order chi connectivity index (χ0) is 19.8. The number of fused-ring (bicyclic) bond motifs is 1. The molecule has 29 heavy (non-hydrogen) atoms. The molecular weight excluding hydrogens is 475 g/mol. The number of nitrogens with one attached hydrogen (secondary N) is 2. The van der Waals surface area contributed by atoms with Crippen molar-refractivity contribution in [1.29, 1.82) is 0 Å². The van der Waals surface area contributed by atoms with Crippen LogP contribution < -0.4 is 10.6 Å². The third-order valence-corrected chi connectivity index (χ3v) is 5.44. The molecule has 3 aromatic rings. The lowest BCUT2D eigenvalue weighted by molar-refractivity contribution is 0.389. The van der Waals surface area contributed by atoms with Crippen molar-refractivity contribution in [2.75, 3.05) is 13.1 Å². The van der Waals surface area contributed by atoms with E-state index in [1.165, 1.54) is 5.56 Å². The number of aromatic nitrogens is 3. The molecule has 2 aromatic heterocycles. The van der Waals surface area contributed by atoms with Gasteiger partial charge in [-0.25, -0.2) is 4.99 Å². The number of rotatable bonds is 8. The summed E-state index contributed by atoms with van der Waals surface area (Å²) in [6, 6.07) is 16.6. The van der Waals surface area contributed by atoms with Crippen LogP contribution in [0.4, 0.5) is 0 Å². The summed E-state index contributed by atoms with van der Waals surface area (Å²) in [6.07, 6.45) is 4.10. The van der Waals surface area contributed by atoms with E-state index in [0.717, 1.165) is 43.4 Å². The number of aliphatic imine (C=N–C) groups is 1. The highest BCUT2D eigenvalue weighted by Gasteiger charge is 2.28. The number of halogens is 1. The molecule has 156 valence electrons. The quantitative estimate of drug-likeness (QED) is 0.274. The van der Waals surface area contributed by atoms with Gasteiger partial charge in [-0.2, -0.15) is 0 Å². The van der Waals surface area contributed by atoms with Crippen LogP contribution in [0.1, 0.15) is 45.0 Å². The summed E-state index contributed by atoms with van der Waals surface area (Å²) in [5.41, 5.74) is 2.29. The third kappa shape index (κ3) is 5.46. The van der Waals surface area contributed by atoms with Gasteiger partial charge in [0.2, 0.25) is 0 Å². The number of hydrogen-bond donors (Lipinski definition) is 2. The zero-order valence-corrected chi connectivity index (χ0v) is 19.8. The van der Waals surface area contributed by atoms with Crippen molar-refractivity contribution < 1.29 is 0 Å². The molecule has 2 heterocycles. The van der Waals surface area contributed by atoms with Crippen molar-refractivity contribution in [1.82, 2.24) is 25.2 Å². The fourth-order valence-corrected chi connectivity index (χ4v) is 3.55. The van der Waals surface area contributed by atoms with Crippen molar-refractivity contribution in [3.8, 4) is 0 Å². The number of nitrogens with zero attached hydrogens (tertiary/aromatic N) is 4. The van der Waals surface area contributed by atoms with Crippen LogP contribution in [0, 0.1) is 0 Å². The minimum Gasteiger partial charge on any atom is -0.357 e. The van der Waals surface area contributed by atoms with Crippen molar-refractivity contribution in [2.45, 2.75) is 45.6 Å². The maximum atomic E-state index is 4.74. The smallest absolute Gasteiger partial charge is 0.191 e. The van der Waals surface area contributed by atoms with Crippen molar-refractivity contribution in [3.63, 3.8) is 0 Å². The van der Waals surface area contributed by atoms with Crippen LogP contribution in [0.5, 0.6) is 0 Å². The Balaban J connectivity index is 0.00000300. The largest absolute Gasteiger partial charge is 0.357 e. The summed E-state index contributed by atoms with van der Waals surface area (Å²) in [4.78, 5) is 4.74. The van der Waals surface area contributed by atoms with Gasteiger partial charge in [-0.15, -0.1) is 34.2 Å². The first-order chi connectivity index (χ1) is 13.7. The summed E-state index contributed by atoms with van der Waals surface area (Å²) >= 11 is 0. The molecule has 3 rings (SSSR count). The van der Waals surface area contributed by atoms with Crippen LogP contribution in [0.3, 0.4) is 0 Å². The molecule has 1 aromatic carbocycles. The first-order valence-corrected chi connectivity index (χ1v) is 10.1. The molecule has 7 heteroatoms. The molecule has 0 aliphatic carbocycles. The van der Waals surface area contributed by atoms with Crippen LogP contribution in [0.2, 0.25) is 0 Å². The summed E-state index contributed by atoms with van der Waals surface area (Å²) in [5.74, 6) is 1.63. The number of hydrogen-bond acceptors (Lipinski definition) is 3. The van der Waals surface area contributed by atoms with Gasteiger partial charge in [0, 0.05) is 24.7 Å². The van der Waals surface area contributed by atoms with Gasteiger partial charge in [0.15, 0.2) is 17.4 Å². The lowest BCUT2D eigenvalue weighted by Crippen LogP contribution is -2.45. The average Bonchev–Trinajstić information content (AvgIpc) is 3.17. The highest BCUT2D eigenvalue weighted by molar-refractivity contribution is 14.0. The second-order valence-electron chi connectivity index (χ2n) is 6.95. The normalized spacial score (nSPS) is 11.9. The molecule has 0 aliphatic heterocycles. The Labute approximate surface area is 190 Å². The van der Waals surface area contributed by atoms with Gasteiger partial charge in [-0.1, -0.05) is 50.2 Å². The predicted octanol–water partition coefficient (Wildman–Crippen LogP) is 4.16. The van der Waals surface area contributed by atoms with E-state index < -0.39 is 0 Å². The van der Waals surface area contributed by atoms with Gasteiger partial charge < -0.3 is 10.6 Å². The minimum atomic E-state index is 0. The van der Waals surface area contributed by atoms with Gasteiger partial charge in [-0.3, -0.25) is 4.40 Å². The van der Waals surface area contributed by atoms with E-state index in [9.17, 15) is 0 Å². The van der Waals surface area contributed by atoms with Gasteiger partial charge in [0.25, 0.3) is 0 Å². The van der Waals surface area contributed by atoms with E-state index in [2.05, 4.69) is 71.9 Å². The maximum Gasteiger partial charge on any atom is 0.191 e. The maximum absolute atomic E-state index is 4.74. The second-order valence-corrected chi connectivity index (χ2v) is 6.95. The Hall–Kier alpha value is -2.16. The fraction of sp³-hybridized carbons (Fsp3) is 0.409. The number of benzene rings is 1.